The first-order valence-electron chi connectivity index (χ1n) is 8.67. The van der Waals surface area contributed by atoms with Crippen molar-refractivity contribution in [3.05, 3.63) is 28.2 Å². The summed E-state index contributed by atoms with van der Waals surface area (Å²) in [5, 5.41) is 2.66. The van der Waals surface area contributed by atoms with Crippen LogP contribution < -0.4 is 5.32 Å². The lowest BCUT2D eigenvalue weighted by atomic mass is 10.2. The van der Waals surface area contributed by atoms with Crippen molar-refractivity contribution in [3.8, 4) is 0 Å². The second kappa shape index (κ2) is 8.96. The highest BCUT2D eigenvalue weighted by molar-refractivity contribution is 9.10. The number of carbonyl (C=O) groups excluding carboxylic acids is 2. The van der Waals surface area contributed by atoms with Crippen molar-refractivity contribution in [2.75, 3.05) is 32.7 Å². The Bertz CT molecular complexity index is 776. The van der Waals surface area contributed by atoms with E-state index in [0.29, 0.717) is 30.7 Å². The molecule has 2 rings (SSSR count). The zero-order chi connectivity index (χ0) is 19.3. The lowest BCUT2D eigenvalue weighted by Crippen LogP contribution is -2.40. The SMILES string of the molecule is CCNC(=O)CN(CC)C(=O)c1cc(S(=O)(=O)N2CCCC2)ccc1Br. The number of hydrogen-bond donors (Lipinski definition) is 1. The van der Waals surface area contributed by atoms with Crippen LogP contribution in [0, 0.1) is 0 Å². The first kappa shape index (κ1) is 20.9. The quantitative estimate of drug-likeness (QED) is 0.693. The Balaban J connectivity index is 2.30. The molecular weight excluding hydrogens is 422 g/mol. The maximum Gasteiger partial charge on any atom is 0.255 e. The second-order valence-electron chi connectivity index (χ2n) is 6.03. The lowest BCUT2D eigenvalue weighted by Gasteiger charge is -2.22. The molecule has 0 aliphatic carbocycles. The minimum Gasteiger partial charge on any atom is -0.355 e. The molecule has 1 saturated heterocycles. The van der Waals surface area contributed by atoms with E-state index >= 15 is 0 Å². The molecule has 1 N–H and O–H groups in total. The zero-order valence-electron chi connectivity index (χ0n) is 15.0. The smallest absolute Gasteiger partial charge is 0.255 e. The van der Waals surface area contributed by atoms with Crippen LogP contribution in [0.2, 0.25) is 0 Å². The van der Waals surface area contributed by atoms with Crippen molar-refractivity contribution in [1.29, 1.82) is 0 Å². The van der Waals surface area contributed by atoms with E-state index in [1.807, 2.05) is 0 Å². The van der Waals surface area contributed by atoms with Gasteiger partial charge >= 0.3 is 0 Å². The van der Waals surface area contributed by atoms with Crippen LogP contribution in [0.15, 0.2) is 27.6 Å². The van der Waals surface area contributed by atoms with Gasteiger partial charge in [-0.15, -0.1) is 0 Å². The molecule has 9 heteroatoms. The summed E-state index contributed by atoms with van der Waals surface area (Å²) in [4.78, 5) is 26.1. The molecule has 0 atom stereocenters. The first-order valence-corrected chi connectivity index (χ1v) is 10.9. The van der Waals surface area contributed by atoms with Crippen molar-refractivity contribution >= 4 is 37.8 Å². The van der Waals surface area contributed by atoms with E-state index in [0.717, 1.165) is 12.8 Å². The number of sulfonamides is 1. The number of likely N-dealkylation sites (N-methyl/N-ethyl adjacent to an activating group) is 2. The Kier molecular flexibility index (Phi) is 7.19. The molecule has 0 spiro atoms. The molecule has 144 valence electrons. The van der Waals surface area contributed by atoms with E-state index in [-0.39, 0.29) is 28.8 Å². The van der Waals surface area contributed by atoms with Gasteiger partial charge in [0.05, 0.1) is 17.0 Å². The molecule has 1 aliphatic rings. The second-order valence-corrected chi connectivity index (χ2v) is 8.82. The molecule has 7 nitrogen and oxygen atoms in total. The number of nitrogens with zero attached hydrogens (tertiary/aromatic N) is 2. The van der Waals surface area contributed by atoms with Crippen molar-refractivity contribution in [2.45, 2.75) is 31.6 Å². The number of carbonyl (C=O) groups is 2. The van der Waals surface area contributed by atoms with E-state index in [1.54, 1.807) is 19.9 Å². The van der Waals surface area contributed by atoms with Crippen LogP contribution in [0.5, 0.6) is 0 Å². The number of benzene rings is 1. The number of nitrogens with one attached hydrogen (secondary N) is 1. The Morgan fingerprint density at radius 2 is 1.88 bits per heavy atom. The summed E-state index contributed by atoms with van der Waals surface area (Å²) in [6, 6.07) is 4.45. The summed E-state index contributed by atoms with van der Waals surface area (Å²) in [7, 11) is -3.61. The molecule has 0 unspecified atom stereocenters. The van der Waals surface area contributed by atoms with Crippen molar-refractivity contribution in [3.63, 3.8) is 0 Å². The van der Waals surface area contributed by atoms with Gasteiger partial charge in [-0.25, -0.2) is 8.42 Å². The lowest BCUT2D eigenvalue weighted by molar-refractivity contribution is -0.121. The normalized spacial score (nSPS) is 15.0. The molecule has 0 radical (unpaired) electrons. The van der Waals surface area contributed by atoms with E-state index in [9.17, 15) is 18.0 Å². The molecule has 1 aliphatic heterocycles. The van der Waals surface area contributed by atoms with Gasteiger partial charge in [0.15, 0.2) is 0 Å². The van der Waals surface area contributed by atoms with Crippen LogP contribution in [-0.2, 0) is 14.8 Å². The van der Waals surface area contributed by atoms with Gasteiger partial charge in [-0.1, -0.05) is 0 Å². The molecule has 1 heterocycles. The Labute approximate surface area is 162 Å². The maximum absolute atomic E-state index is 12.8. The molecule has 0 bridgehead atoms. The van der Waals surface area contributed by atoms with E-state index < -0.39 is 10.0 Å². The van der Waals surface area contributed by atoms with Gasteiger partial charge in [0, 0.05) is 30.7 Å². The first-order chi connectivity index (χ1) is 12.3. The summed E-state index contributed by atoms with van der Waals surface area (Å²) in [6.07, 6.45) is 1.69. The van der Waals surface area contributed by atoms with Crippen molar-refractivity contribution < 1.29 is 18.0 Å². The summed E-state index contributed by atoms with van der Waals surface area (Å²) >= 11 is 3.32. The Hall–Kier alpha value is -1.45. The maximum atomic E-state index is 12.8. The topological polar surface area (TPSA) is 86.8 Å². The van der Waals surface area contributed by atoms with Gasteiger partial charge in [-0.2, -0.15) is 4.31 Å². The summed E-state index contributed by atoms with van der Waals surface area (Å²) < 4.78 is 27.4. The van der Waals surface area contributed by atoms with Gasteiger partial charge in [0.2, 0.25) is 15.9 Å². The van der Waals surface area contributed by atoms with Gasteiger partial charge in [0.25, 0.3) is 5.91 Å². The predicted molar refractivity (Wildman–Crippen MR) is 102 cm³/mol. The molecule has 2 amide bonds. The molecule has 26 heavy (non-hydrogen) atoms. The number of amides is 2. The monoisotopic (exact) mass is 445 g/mol. The highest BCUT2D eigenvalue weighted by Gasteiger charge is 2.29. The average molecular weight is 446 g/mol. The van der Waals surface area contributed by atoms with E-state index in [4.69, 9.17) is 0 Å². The Morgan fingerprint density at radius 3 is 2.46 bits per heavy atom. The standard InChI is InChI=1S/C17H24BrN3O4S/c1-3-19-16(22)12-20(4-2)17(23)14-11-13(7-8-15(14)18)26(24,25)21-9-5-6-10-21/h7-8,11H,3-6,9-10,12H2,1-2H3,(H,19,22). The van der Waals surface area contributed by atoms with Crippen LogP contribution in [-0.4, -0.2) is 62.2 Å². The zero-order valence-corrected chi connectivity index (χ0v) is 17.4. The van der Waals surface area contributed by atoms with Gasteiger partial charge in [-0.3, -0.25) is 9.59 Å². The van der Waals surface area contributed by atoms with Gasteiger partial charge in [-0.05, 0) is 60.8 Å². The minimum absolute atomic E-state index is 0.0707. The number of rotatable bonds is 7. The fourth-order valence-corrected chi connectivity index (χ4v) is 4.79. The third kappa shape index (κ3) is 4.63. The van der Waals surface area contributed by atoms with Crippen LogP contribution in [0.4, 0.5) is 0 Å². The van der Waals surface area contributed by atoms with E-state index in [2.05, 4.69) is 21.2 Å². The summed E-state index contributed by atoms with van der Waals surface area (Å²) in [5.41, 5.74) is 0.233. The molecule has 1 aromatic rings. The molecule has 1 fully saturated rings. The largest absolute Gasteiger partial charge is 0.355 e. The minimum atomic E-state index is -3.61. The van der Waals surface area contributed by atoms with Crippen LogP contribution in [0.1, 0.15) is 37.0 Å². The highest BCUT2D eigenvalue weighted by atomic mass is 79.9. The molecule has 1 aromatic carbocycles. The fourth-order valence-electron chi connectivity index (χ4n) is 2.83. The van der Waals surface area contributed by atoms with Crippen molar-refractivity contribution in [2.24, 2.45) is 0 Å². The summed E-state index contributed by atoms with van der Waals surface area (Å²) in [5.74, 6) is -0.635. The van der Waals surface area contributed by atoms with Crippen molar-refractivity contribution in [1.82, 2.24) is 14.5 Å². The molecular formula is C17H24BrN3O4S. The number of halogens is 1. The molecule has 0 aromatic heterocycles. The average Bonchev–Trinajstić information content (AvgIpc) is 3.15. The van der Waals surface area contributed by atoms with Crippen LogP contribution in [0.25, 0.3) is 0 Å². The number of hydrogen-bond acceptors (Lipinski definition) is 4. The summed E-state index contributed by atoms with van der Waals surface area (Å²) in [6.45, 7) is 5.33. The van der Waals surface area contributed by atoms with Crippen LogP contribution in [0.3, 0.4) is 0 Å². The predicted octanol–water partition coefficient (Wildman–Crippen LogP) is 1.83. The highest BCUT2D eigenvalue weighted by Crippen LogP contribution is 2.26. The van der Waals surface area contributed by atoms with Gasteiger partial charge < -0.3 is 10.2 Å². The van der Waals surface area contributed by atoms with Crippen LogP contribution >= 0.6 is 15.9 Å². The molecule has 0 saturated carbocycles. The third-order valence-corrected chi connectivity index (χ3v) is 6.83. The van der Waals surface area contributed by atoms with E-state index in [1.165, 1.54) is 21.3 Å². The third-order valence-electron chi connectivity index (χ3n) is 4.25. The van der Waals surface area contributed by atoms with Gasteiger partial charge in [0.1, 0.15) is 0 Å². The fraction of sp³-hybridized carbons (Fsp3) is 0.529. The Morgan fingerprint density at radius 1 is 1.23 bits per heavy atom.